The topological polar surface area (TPSA) is 23.6 Å². The van der Waals surface area contributed by atoms with Crippen LogP contribution in [0.5, 0.6) is 0 Å². The van der Waals surface area contributed by atoms with Gasteiger partial charge >= 0.3 is 0 Å². The standard InChI is InChI=1S/C17H23ClN2O/c18-10-17(21)20(16-6-7-16)13-15-8-9-19(12-15)11-14-4-2-1-3-5-14/h1-5,15-16H,6-13H2/t15-/m0/s1. The van der Waals surface area contributed by atoms with Gasteiger partial charge in [0.15, 0.2) is 0 Å². The fourth-order valence-corrected chi connectivity index (χ4v) is 3.40. The number of alkyl halides is 1. The van der Waals surface area contributed by atoms with Gasteiger partial charge in [-0.25, -0.2) is 0 Å². The third-order valence-electron chi connectivity index (χ3n) is 4.50. The smallest absolute Gasteiger partial charge is 0.237 e. The molecule has 3 nitrogen and oxygen atoms in total. The summed E-state index contributed by atoms with van der Waals surface area (Å²) in [4.78, 5) is 16.5. The van der Waals surface area contributed by atoms with E-state index in [2.05, 4.69) is 35.2 Å². The second-order valence-electron chi connectivity index (χ2n) is 6.29. The van der Waals surface area contributed by atoms with E-state index < -0.39 is 0 Å². The highest BCUT2D eigenvalue weighted by atomic mass is 35.5. The molecular weight excluding hydrogens is 284 g/mol. The average Bonchev–Trinajstić information content (AvgIpc) is 3.26. The molecule has 0 aromatic heterocycles. The lowest BCUT2D eigenvalue weighted by molar-refractivity contribution is -0.129. The minimum Gasteiger partial charge on any atom is -0.338 e. The van der Waals surface area contributed by atoms with Crippen LogP contribution >= 0.6 is 11.6 Å². The summed E-state index contributed by atoms with van der Waals surface area (Å²) in [5, 5.41) is 0. The minimum atomic E-state index is 0.112. The van der Waals surface area contributed by atoms with Crippen LogP contribution in [0.4, 0.5) is 0 Å². The Bertz CT molecular complexity index is 475. The van der Waals surface area contributed by atoms with E-state index in [1.165, 1.54) is 12.0 Å². The monoisotopic (exact) mass is 306 g/mol. The SMILES string of the molecule is O=C(CCl)N(C[C@H]1CCN(Cc2ccccc2)C1)C1CC1. The second-order valence-corrected chi connectivity index (χ2v) is 6.55. The summed E-state index contributed by atoms with van der Waals surface area (Å²) >= 11 is 5.74. The highest BCUT2D eigenvalue weighted by Crippen LogP contribution is 2.29. The molecule has 4 heteroatoms. The fourth-order valence-electron chi connectivity index (χ4n) is 3.24. The highest BCUT2D eigenvalue weighted by Gasteiger charge is 2.35. The molecule has 1 heterocycles. The van der Waals surface area contributed by atoms with Gasteiger partial charge in [0.1, 0.15) is 5.88 Å². The summed E-state index contributed by atoms with van der Waals surface area (Å²) < 4.78 is 0. The van der Waals surface area contributed by atoms with Crippen molar-refractivity contribution in [1.82, 2.24) is 9.80 Å². The van der Waals surface area contributed by atoms with Crippen LogP contribution in [0, 0.1) is 5.92 Å². The van der Waals surface area contributed by atoms with Gasteiger partial charge in [0, 0.05) is 25.7 Å². The number of benzene rings is 1. The first-order chi connectivity index (χ1) is 10.3. The molecule has 0 bridgehead atoms. The lowest BCUT2D eigenvalue weighted by atomic mass is 10.1. The van der Waals surface area contributed by atoms with Crippen LogP contribution in [0.3, 0.4) is 0 Å². The molecule has 1 saturated heterocycles. The molecule has 1 atom stereocenters. The molecule has 0 spiro atoms. The van der Waals surface area contributed by atoms with E-state index in [1.54, 1.807) is 0 Å². The van der Waals surface area contributed by atoms with E-state index in [0.29, 0.717) is 12.0 Å². The summed E-state index contributed by atoms with van der Waals surface area (Å²) in [6, 6.07) is 11.1. The zero-order valence-electron chi connectivity index (χ0n) is 12.4. The molecule has 0 N–H and O–H groups in total. The van der Waals surface area contributed by atoms with E-state index in [1.807, 2.05) is 4.90 Å². The molecule has 1 amide bonds. The van der Waals surface area contributed by atoms with Crippen LogP contribution in [0.25, 0.3) is 0 Å². The summed E-state index contributed by atoms with van der Waals surface area (Å²) in [7, 11) is 0. The molecule has 0 radical (unpaired) electrons. The lowest BCUT2D eigenvalue weighted by Gasteiger charge is -2.25. The molecule has 21 heavy (non-hydrogen) atoms. The number of amides is 1. The molecule has 1 aromatic rings. The number of carbonyl (C=O) groups is 1. The van der Waals surface area contributed by atoms with Gasteiger partial charge in [0.25, 0.3) is 0 Å². The van der Waals surface area contributed by atoms with E-state index >= 15 is 0 Å². The molecule has 114 valence electrons. The van der Waals surface area contributed by atoms with Crippen molar-refractivity contribution >= 4 is 17.5 Å². The number of hydrogen-bond acceptors (Lipinski definition) is 2. The summed E-state index contributed by atoms with van der Waals surface area (Å²) in [6.45, 7) is 4.13. The Labute approximate surface area is 131 Å². The maximum Gasteiger partial charge on any atom is 0.237 e. The Balaban J connectivity index is 1.51. The van der Waals surface area contributed by atoms with Gasteiger partial charge in [0.05, 0.1) is 0 Å². The predicted octanol–water partition coefficient (Wildman–Crippen LogP) is 2.74. The van der Waals surface area contributed by atoms with E-state index in [-0.39, 0.29) is 11.8 Å². The molecule has 2 aliphatic rings. The van der Waals surface area contributed by atoms with Crippen molar-refractivity contribution in [2.45, 2.75) is 31.8 Å². The number of rotatable bonds is 6. The van der Waals surface area contributed by atoms with Gasteiger partial charge in [-0.05, 0) is 37.3 Å². The van der Waals surface area contributed by atoms with E-state index in [9.17, 15) is 4.79 Å². The molecule has 1 aliphatic heterocycles. The maximum absolute atomic E-state index is 11.9. The quantitative estimate of drug-likeness (QED) is 0.755. The molecule has 2 fully saturated rings. The van der Waals surface area contributed by atoms with Crippen molar-refractivity contribution in [1.29, 1.82) is 0 Å². The van der Waals surface area contributed by atoms with Gasteiger partial charge in [-0.1, -0.05) is 30.3 Å². The van der Waals surface area contributed by atoms with Gasteiger partial charge in [-0.3, -0.25) is 9.69 Å². The molecule has 3 rings (SSSR count). The first kappa shape index (κ1) is 14.9. The minimum absolute atomic E-state index is 0.112. The molecule has 0 unspecified atom stereocenters. The van der Waals surface area contributed by atoms with Crippen molar-refractivity contribution in [3.05, 3.63) is 35.9 Å². The Morgan fingerprint density at radius 1 is 1.24 bits per heavy atom. The Hall–Kier alpha value is -1.06. The molecule has 1 aromatic carbocycles. The van der Waals surface area contributed by atoms with Crippen molar-refractivity contribution < 1.29 is 4.79 Å². The number of halogens is 1. The summed E-state index contributed by atoms with van der Waals surface area (Å²) in [5.74, 6) is 0.832. The lowest BCUT2D eigenvalue weighted by Crippen LogP contribution is -2.38. The first-order valence-electron chi connectivity index (χ1n) is 7.88. The normalized spacial score (nSPS) is 22.4. The van der Waals surface area contributed by atoms with Gasteiger partial charge in [-0.2, -0.15) is 0 Å². The van der Waals surface area contributed by atoms with Crippen molar-refractivity contribution in [2.75, 3.05) is 25.5 Å². The summed E-state index contributed by atoms with van der Waals surface area (Å²) in [6.07, 6.45) is 3.50. The number of hydrogen-bond donors (Lipinski definition) is 0. The van der Waals surface area contributed by atoms with Crippen LogP contribution in [0.15, 0.2) is 30.3 Å². The third kappa shape index (κ3) is 3.98. The number of carbonyl (C=O) groups excluding carboxylic acids is 1. The second kappa shape index (κ2) is 6.80. The van der Waals surface area contributed by atoms with E-state index in [4.69, 9.17) is 11.6 Å². The average molecular weight is 307 g/mol. The van der Waals surface area contributed by atoms with Crippen LogP contribution in [-0.2, 0) is 11.3 Å². The van der Waals surface area contributed by atoms with Crippen LogP contribution in [-0.4, -0.2) is 47.3 Å². The van der Waals surface area contributed by atoms with Crippen LogP contribution in [0.2, 0.25) is 0 Å². The maximum atomic E-state index is 11.9. The molecular formula is C17H23ClN2O. The largest absolute Gasteiger partial charge is 0.338 e. The van der Waals surface area contributed by atoms with Crippen LogP contribution in [0.1, 0.15) is 24.8 Å². The van der Waals surface area contributed by atoms with Gasteiger partial charge < -0.3 is 4.90 Å². The third-order valence-corrected chi connectivity index (χ3v) is 4.72. The zero-order valence-corrected chi connectivity index (χ0v) is 13.1. The van der Waals surface area contributed by atoms with E-state index in [0.717, 1.165) is 39.0 Å². The highest BCUT2D eigenvalue weighted by molar-refractivity contribution is 6.27. The molecule has 1 aliphatic carbocycles. The number of likely N-dealkylation sites (tertiary alicyclic amines) is 1. The molecule has 1 saturated carbocycles. The van der Waals surface area contributed by atoms with Crippen molar-refractivity contribution in [3.63, 3.8) is 0 Å². The zero-order chi connectivity index (χ0) is 14.7. The van der Waals surface area contributed by atoms with Gasteiger partial charge in [-0.15, -0.1) is 11.6 Å². The Kier molecular flexibility index (Phi) is 4.81. The van der Waals surface area contributed by atoms with Crippen molar-refractivity contribution in [2.24, 2.45) is 5.92 Å². The first-order valence-corrected chi connectivity index (χ1v) is 8.41. The van der Waals surface area contributed by atoms with Gasteiger partial charge in [0.2, 0.25) is 5.91 Å². The Morgan fingerprint density at radius 2 is 2.00 bits per heavy atom. The predicted molar refractivity (Wildman–Crippen MR) is 85.3 cm³/mol. The summed E-state index contributed by atoms with van der Waals surface area (Å²) in [5.41, 5.74) is 1.37. The fraction of sp³-hybridized carbons (Fsp3) is 0.588. The number of nitrogens with zero attached hydrogens (tertiary/aromatic N) is 2. The Morgan fingerprint density at radius 3 is 2.67 bits per heavy atom. The van der Waals surface area contributed by atoms with Crippen LogP contribution < -0.4 is 0 Å². The van der Waals surface area contributed by atoms with Crippen molar-refractivity contribution in [3.8, 4) is 0 Å².